The van der Waals surface area contributed by atoms with Gasteiger partial charge in [0.25, 0.3) is 0 Å². The monoisotopic (exact) mass is 278 g/mol. The second-order valence-corrected chi connectivity index (χ2v) is 5.09. The topological polar surface area (TPSA) is 64.8 Å². The van der Waals surface area contributed by atoms with Crippen LogP contribution in [0, 0.1) is 0 Å². The molecule has 5 heteroatoms. The van der Waals surface area contributed by atoms with Crippen LogP contribution in [-0.2, 0) is 16.0 Å². The molecule has 2 atom stereocenters. The SMILES string of the molecule is COc1ccccc1CC(=O)N1CC(C)OC(CN)C1. The van der Waals surface area contributed by atoms with Crippen LogP contribution < -0.4 is 10.5 Å². The molecule has 110 valence electrons. The van der Waals surface area contributed by atoms with E-state index >= 15 is 0 Å². The molecule has 1 heterocycles. The summed E-state index contributed by atoms with van der Waals surface area (Å²) in [7, 11) is 1.62. The Hall–Kier alpha value is -1.59. The Bertz CT molecular complexity index is 464. The van der Waals surface area contributed by atoms with Crippen LogP contribution in [-0.4, -0.2) is 49.8 Å². The van der Waals surface area contributed by atoms with Crippen LogP contribution in [0.4, 0.5) is 0 Å². The molecule has 0 spiro atoms. The lowest BCUT2D eigenvalue weighted by atomic mass is 10.1. The zero-order chi connectivity index (χ0) is 14.5. The predicted octanol–water partition coefficient (Wildman–Crippen LogP) is 0.812. The highest BCUT2D eigenvalue weighted by Crippen LogP contribution is 2.19. The van der Waals surface area contributed by atoms with E-state index < -0.39 is 0 Å². The molecule has 1 aliphatic rings. The summed E-state index contributed by atoms with van der Waals surface area (Å²) in [4.78, 5) is 14.2. The molecule has 1 fully saturated rings. The summed E-state index contributed by atoms with van der Waals surface area (Å²) in [5.74, 6) is 0.834. The molecule has 2 rings (SSSR count). The van der Waals surface area contributed by atoms with Gasteiger partial charge in [0.15, 0.2) is 0 Å². The Kier molecular flexibility index (Phi) is 4.98. The number of methoxy groups -OCH3 is 1. The van der Waals surface area contributed by atoms with Gasteiger partial charge in [0.05, 0.1) is 25.7 Å². The number of amides is 1. The van der Waals surface area contributed by atoms with Crippen molar-refractivity contribution >= 4 is 5.91 Å². The number of para-hydroxylation sites is 1. The third kappa shape index (κ3) is 3.49. The Labute approximate surface area is 119 Å². The summed E-state index contributed by atoms with van der Waals surface area (Å²) in [6.45, 7) is 3.58. The Balaban J connectivity index is 2.04. The van der Waals surface area contributed by atoms with Crippen LogP contribution in [0.3, 0.4) is 0 Å². The van der Waals surface area contributed by atoms with E-state index in [9.17, 15) is 4.79 Å². The van der Waals surface area contributed by atoms with Crippen LogP contribution in [0.5, 0.6) is 5.75 Å². The van der Waals surface area contributed by atoms with Crippen molar-refractivity contribution in [2.24, 2.45) is 5.73 Å². The molecule has 20 heavy (non-hydrogen) atoms. The fourth-order valence-corrected chi connectivity index (χ4v) is 2.50. The number of nitrogens with two attached hydrogens (primary N) is 1. The molecular formula is C15H22N2O3. The molecule has 2 unspecified atom stereocenters. The standard InChI is InChI=1S/C15H22N2O3/c1-11-9-17(10-13(8-16)20-11)15(18)7-12-5-3-4-6-14(12)19-2/h3-6,11,13H,7-10,16H2,1-2H3. The predicted molar refractivity (Wildman–Crippen MR) is 76.7 cm³/mol. The van der Waals surface area contributed by atoms with Crippen molar-refractivity contribution in [3.63, 3.8) is 0 Å². The average molecular weight is 278 g/mol. The molecular weight excluding hydrogens is 256 g/mol. The number of carbonyl (C=O) groups excluding carboxylic acids is 1. The van der Waals surface area contributed by atoms with E-state index in [4.69, 9.17) is 15.2 Å². The molecule has 0 aliphatic carbocycles. The van der Waals surface area contributed by atoms with Crippen molar-refractivity contribution in [3.8, 4) is 5.75 Å². The van der Waals surface area contributed by atoms with E-state index in [1.165, 1.54) is 0 Å². The summed E-state index contributed by atoms with van der Waals surface area (Å²) in [5, 5.41) is 0. The fraction of sp³-hybridized carbons (Fsp3) is 0.533. The van der Waals surface area contributed by atoms with Crippen LogP contribution >= 0.6 is 0 Å². The molecule has 0 aromatic heterocycles. The first-order chi connectivity index (χ1) is 9.63. The van der Waals surface area contributed by atoms with Crippen molar-refractivity contribution in [2.75, 3.05) is 26.7 Å². The van der Waals surface area contributed by atoms with Gasteiger partial charge in [-0.1, -0.05) is 18.2 Å². The minimum Gasteiger partial charge on any atom is -0.496 e. The second-order valence-electron chi connectivity index (χ2n) is 5.09. The van der Waals surface area contributed by atoms with E-state index in [0.29, 0.717) is 26.1 Å². The van der Waals surface area contributed by atoms with Gasteiger partial charge in [-0.3, -0.25) is 4.79 Å². The molecule has 0 radical (unpaired) electrons. The number of morpholine rings is 1. The van der Waals surface area contributed by atoms with Crippen LogP contribution in [0.2, 0.25) is 0 Å². The lowest BCUT2D eigenvalue weighted by Gasteiger charge is -2.36. The lowest BCUT2D eigenvalue weighted by Crippen LogP contribution is -2.51. The first kappa shape index (κ1) is 14.8. The second kappa shape index (κ2) is 6.72. The number of carbonyl (C=O) groups is 1. The van der Waals surface area contributed by atoms with Gasteiger partial charge < -0.3 is 20.1 Å². The van der Waals surface area contributed by atoms with E-state index in [-0.39, 0.29) is 18.1 Å². The van der Waals surface area contributed by atoms with Crippen LogP contribution in [0.25, 0.3) is 0 Å². The molecule has 1 amide bonds. The zero-order valence-corrected chi connectivity index (χ0v) is 12.0. The van der Waals surface area contributed by atoms with Gasteiger partial charge in [-0.15, -0.1) is 0 Å². The number of hydrogen-bond donors (Lipinski definition) is 1. The van der Waals surface area contributed by atoms with Crippen molar-refractivity contribution in [2.45, 2.75) is 25.6 Å². The lowest BCUT2D eigenvalue weighted by molar-refractivity contribution is -0.143. The summed E-state index contributed by atoms with van der Waals surface area (Å²) >= 11 is 0. The zero-order valence-electron chi connectivity index (χ0n) is 12.0. The van der Waals surface area contributed by atoms with Gasteiger partial charge in [0.2, 0.25) is 5.91 Å². The largest absolute Gasteiger partial charge is 0.496 e. The highest BCUT2D eigenvalue weighted by molar-refractivity contribution is 5.79. The van der Waals surface area contributed by atoms with Gasteiger partial charge in [-0.2, -0.15) is 0 Å². The molecule has 0 bridgehead atoms. The van der Waals surface area contributed by atoms with Crippen molar-refractivity contribution < 1.29 is 14.3 Å². The smallest absolute Gasteiger partial charge is 0.227 e. The number of hydrogen-bond acceptors (Lipinski definition) is 4. The summed E-state index contributed by atoms with van der Waals surface area (Å²) in [6.07, 6.45) is 0.299. The molecule has 5 nitrogen and oxygen atoms in total. The maximum Gasteiger partial charge on any atom is 0.227 e. The summed E-state index contributed by atoms with van der Waals surface area (Å²) in [6, 6.07) is 7.60. The van der Waals surface area contributed by atoms with Gasteiger partial charge in [-0.05, 0) is 13.0 Å². The first-order valence-electron chi connectivity index (χ1n) is 6.89. The summed E-state index contributed by atoms with van der Waals surface area (Å²) < 4.78 is 10.9. The fourth-order valence-electron chi connectivity index (χ4n) is 2.50. The van der Waals surface area contributed by atoms with E-state index in [1.807, 2.05) is 36.1 Å². The van der Waals surface area contributed by atoms with Crippen molar-refractivity contribution in [1.29, 1.82) is 0 Å². The Morgan fingerprint density at radius 3 is 2.90 bits per heavy atom. The maximum atomic E-state index is 12.4. The maximum absolute atomic E-state index is 12.4. The quantitative estimate of drug-likeness (QED) is 0.885. The Morgan fingerprint density at radius 1 is 1.45 bits per heavy atom. The summed E-state index contributed by atoms with van der Waals surface area (Å²) in [5.41, 5.74) is 6.55. The third-order valence-corrected chi connectivity index (χ3v) is 3.48. The van der Waals surface area contributed by atoms with Crippen LogP contribution in [0.1, 0.15) is 12.5 Å². The number of nitrogens with zero attached hydrogens (tertiary/aromatic N) is 1. The van der Waals surface area contributed by atoms with Gasteiger partial charge in [0.1, 0.15) is 5.75 Å². The highest BCUT2D eigenvalue weighted by Gasteiger charge is 2.27. The van der Waals surface area contributed by atoms with Gasteiger partial charge in [-0.25, -0.2) is 0 Å². The van der Waals surface area contributed by atoms with E-state index in [1.54, 1.807) is 7.11 Å². The minimum absolute atomic E-state index is 0.0268. The molecule has 0 saturated carbocycles. The molecule has 1 aromatic rings. The number of ether oxygens (including phenoxy) is 2. The molecule has 2 N–H and O–H groups in total. The van der Waals surface area contributed by atoms with E-state index in [0.717, 1.165) is 11.3 Å². The molecule has 1 aromatic carbocycles. The van der Waals surface area contributed by atoms with E-state index in [2.05, 4.69) is 0 Å². The van der Waals surface area contributed by atoms with Crippen LogP contribution in [0.15, 0.2) is 24.3 Å². The van der Waals surface area contributed by atoms with Gasteiger partial charge >= 0.3 is 0 Å². The number of benzene rings is 1. The van der Waals surface area contributed by atoms with Crippen molar-refractivity contribution in [1.82, 2.24) is 4.90 Å². The van der Waals surface area contributed by atoms with Crippen molar-refractivity contribution in [3.05, 3.63) is 29.8 Å². The number of rotatable bonds is 4. The average Bonchev–Trinajstić information content (AvgIpc) is 2.47. The first-order valence-corrected chi connectivity index (χ1v) is 6.89. The third-order valence-electron chi connectivity index (χ3n) is 3.48. The molecule has 1 saturated heterocycles. The minimum atomic E-state index is -0.0691. The normalized spacial score (nSPS) is 22.6. The molecule has 1 aliphatic heterocycles. The highest BCUT2D eigenvalue weighted by atomic mass is 16.5. The Morgan fingerprint density at radius 2 is 2.20 bits per heavy atom. The van der Waals surface area contributed by atoms with Gasteiger partial charge in [0, 0.05) is 25.2 Å².